The highest BCUT2D eigenvalue weighted by Crippen LogP contribution is 2.19. The van der Waals surface area contributed by atoms with E-state index in [4.69, 9.17) is 4.74 Å². The Kier molecular flexibility index (Phi) is 4.97. The SMILES string of the molecule is C=C(CN[C@H](C)c1cccc(OC)c1)c1ccccc1. The third kappa shape index (κ3) is 3.72. The van der Waals surface area contributed by atoms with E-state index in [0.29, 0.717) is 0 Å². The van der Waals surface area contributed by atoms with Crippen LogP contribution in [0.2, 0.25) is 0 Å². The molecule has 2 nitrogen and oxygen atoms in total. The lowest BCUT2D eigenvalue weighted by molar-refractivity contribution is 0.413. The van der Waals surface area contributed by atoms with Gasteiger partial charge in [-0.25, -0.2) is 0 Å². The van der Waals surface area contributed by atoms with Gasteiger partial charge in [0.2, 0.25) is 0 Å². The molecule has 2 aromatic rings. The molecule has 1 atom stereocenters. The zero-order chi connectivity index (χ0) is 14.4. The quantitative estimate of drug-likeness (QED) is 0.852. The summed E-state index contributed by atoms with van der Waals surface area (Å²) in [6, 6.07) is 18.6. The maximum absolute atomic E-state index is 5.25. The molecule has 0 aromatic heterocycles. The van der Waals surface area contributed by atoms with Gasteiger partial charge in [-0.1, -0.05) is 49.0 Å². The lowest BCUT2D eigenvalue weighted by Gasteiger charge is -2.16. The minimum atomic E-state index is 0.255. The molecule has 0 unspecified atom stereocenters. The van der Waals surface area contributed by atoms with Crippen molar-refractivity contribution >= 4 is 5.57 Å². The van der Waals surface area contributed by atoms with Gasteiger partial charge in [-0.2, -0.15) is 0 Å². The molecule has 0 bridgehead atoms. The molecule has 0 aliphatic rings. The van der Waals surface area contributed by atoms with E-state index in [1.807, 2.05) is 30.3 Å². The van der Waals surface area contributed by atoms with Gasteiger partial charge in [-0.05, 0) is 35.8 Å². The summed E-state index contributed by atoms with van der Waals surface area (Å²) in [5, 5.41) is 3.49. The van der Waals surface area contributed by atoms with Crippen LogP contribution in [0.5, 0.6) is 5.75 Å². The summed E-state index contributed by atoms with van der Waals surface area (Å²) in [7, 11) is 1.69. The van der Waals surface area contributed by atoms with Crippen LogP contribution >= 0.6 is 0 Å². The fourth-order valence-corrected chi connectivity index (χ4v) is 2.08. The normalized spacial score (nSPS) is 11.9. The summed E-state index contributed by atoms with van der Waals surface area (Å²) < 4.78 is 5.25. The molecular weight excluding hydrogens is 246 g/mol. The molecule has 0 aliphatic heterocycles. The molecular formula is C18H21NO. The summed E-state index contributed by atoms with van der Waals surface area (Å²) in [4.78, 5) is 0. The van der Waals surface area contributed by atoms with Crippen LogP contribution in [-0.2, 0) is 0 Å². The first-order chi connectivity index (χ1) is 9.70. The third-order valence-electron chi connectivity index (χ3n) is 3.40. The van der Waals surface area contributed by atoms with Crippen molar-refractivity contribution in [2.24, 2.45) is 0 Å². The van der Waals surface area contributed by atoms with Gasteiger partial charge in [-0.15, -0.1) is 0 Å². The highest BCUT2D eigenvalue weighted by atomic mass is 16.5. The topological polar surface area (TPSA) is 21.3 Å². The van der Waals surface area contributed by atoms with Crippen molar-refractivity contribution in [1.29, 1.82) is 0 Å². The Morgan fingerprint density at radius 1 is 1.15 bits per heavy atom. The van der Waals surface area contributed by atoms with Crippen LogP contribution in [0.3, 0.4) is 0 Å². The van der Waals surface area contributed by atoms with E-state index in [1.165, 1.54) is 11.1 Å². The second-order valence-corrected chi connectivity index (χ2v) is 4.85. The number of ether oxygens (including phenoxy) is 1. The second-order valence-electron chi connectivity index (χ2n) is 4.85. The lowest BCUT2D eigenvalue weighted by atomic mass is 10.1. The molecule has 0 fully saturated rings. The molecule has 20 heavy (non-hydrogen) atoms. The van der Waals surface area contributed by atoms with Crippen LogP contribution in [-0.4, -0.2) is 13.7 Å². The molecule has 0 heterocycles. The van der Waals surface area contributed by atoms with Gasteiger partial charge in [0.25, 0.3) is 0 Å². The summed E-state index contributed by atoms with van der Waals surface area (Å²) >= 11 is 0. The van der Waals surface area contributed by atoms with E-state index in [-0.39, 0.29) is 6.04 Å². The minimum absolute atomic E-state index is 0.255. The maximum atomic E-state index is 5.25. The molecule has 0 amide bonds. The average Bonchev–Trinajstić information content (AvgIpc) is 2.53. The molecule has 2 heteroatoms. The third-order valence-corrected chi connectivity index (χ3v) is 3.40. The van der Waals surface area contributed by atoms with Crippen molar-refractivity contribution in [1.82, 2.24) is 5.32 Å². The van der Waals surface area contributed by atoms with Crippen molar-refractivity contribution in [3.05, 3.63) is 72.3 Å². The number of nitrogens with one attached hydrogen (secondary N) is 1. The van der Waals surface area contributed by atoms with E-state index >= 15 is 0 Å². The van der Waals surface area contributed by atoms with Crippen LogP contribution in [0.25, 0.3) is 5.57 Å². The average molecular weight is 267 g/mol. The Hall–Kier alpha value is -2.06. The largest absolute Gasteiger partial charge is 0.497 e. The van der Waals surface area contributed by atoms with E-state index in [1.54, 1.807) is 7.11 Å². The van der Waals surface area contributed by atoms with Crippen LogP contribution in [0, 0.1) is 0 Å². The number of hydrogen-bond acceptors (Lipinski definition) is 2. The van der Waals surface area contributed by atoms with Crippen molar-refractivity contribution in [2.45, 2.75) is 13.0 Å². The fraction of sp³-hybridized carbons (Fsp3) is 0.222. The lowest BCUT2D eigenvalue weighted by Crippen LogP contribution is -2.20. The van der Waals surface area contributed by atoms with Crippen LogP contribution in [0.4, 0.5) is 0 Å². The predicted octanol–water partition coefficient (Wildman–Crippen LogP) is 4.06. The molecule has 1 N–H and O–H groups in total. The smallest absolute Gasteiger partial charge is 0.119 e. The Balaban J connectivity index is 1.95. The summed E-state index contributed by atoms with van der Waals surface area (Å²) in [5.74, 6) is 0.887. The molecule has 104 valence electrons. The molecule has 2 aromatic carbocycles. The van der Waals surface area contributed by atoms with Crippen molar-refractivity contribution in [2.75, 3.05) is 13.7 Å². The number of benzene rings is 2. The highest BCUT2D eigenvalue weighted by Gasteiger charge is 2.06. The van der Waals surface area contributed by atoms with Gasteiger partial charge in [0.1, 0.15) is 5.75 Å². The van der Waals surface area contributed by atoms with Gasteiger partial charge >= 0.3 is 0 Å². The molecule has 0 saturated carbocycles. The van der Waals surface area contributed by atoms with Crippen molar-refractivity contribution < 1.29 is 4.74 Å². The monoisotopic (exact) mass is 267 g/mol. The van der Waals surface area contributed by atoms with Crippen molar-refractivity contribution in [3.63, 3.8) is 0 Å². The summed E-state index contributed by atoms with van der Waals surface area (Å²) in [5.41, 5.74) is 3.49. The summed E-state index contributed by atoms with van der Waals surface area (Å²) in [6.45, 7) is 7.05. The number of rotatable bonds is 6. The fourth-order valence-electron chi connectivity index (χ4n) is 2.08. The highest BCUT2D eigenvalue weighted by molar-refractivity contribution is 5.64. The standard InChI is InChI=1S/C18H21NO/c1-14(16-8-5-4-6-9-16)13-19-15(2)17-10-7-11-18(12-17)20-3/h4-12,15,19H,1,13H2,2-3H3/t15-/m1/s1. The Morgan fingerprint density at radius 2 is 1.90 bits per heavy atom. The number of hydrogen-bond donors (Lipinski definition) is 1. The van der Waals surface area contributed by atoms with Gasteiger partial charge in [0.05, 0.1) is 7.11 Å². The summed E-state index contributed by atoms with van der Waals surface area (Å²) in [6.07, 6.45) is 0. The van der Waals surface area contributed by atoms with Crippen LogP contribution in [0.15, 0.2) is 61.2 Å². The zero-order valence-electron chi connectivity index (χ0n) is 12.1. The van der Waals surface area contributed by atoms with Crippen LogP contribution < -0.4 is 10.1 Å². The van der Waals surface area contributed by atoms with E-state index in [2.05, 4.69) is 43.1 Å². The predicted molar refractivity (Wildman–Crippen MR) is 84.9 cm³/mol. The van der Waals surface area contributed by atoms with Gasteiger partial charge in [0.15, 0.2) is 0 Å². The van der Waals surface area contributed by atoms with Crippen LogP contribution in [0.1, 0.15) is 24.1 Å². The maximum Gasteiger partial charge on any atom is 0.119 e. The van der Waals surface area contributed by atoms with Crippen molar-refractivity contribution in [3.8, 4) is 5.75 Å². The molecule has 0 radical (unpaired) electrons. The molecule has 0 spiro atoms. The van der Waals surface area contributed by atoms with E-state index < -0.39 is 0 Å². The molecule has 0 saturated heterocycles. The first kappa shape index (κ1) is 14.4. The zero-order valence-corrected chi connectivity index (χ0v) is 12.1. The first-order valence-electron chi connectivity index (χ1n) is 6.81. The van der Waals surface area contributed by atoms with Gasteiger partial charge < -0.3 is 10.1 Å². The molecule has 0 aliphatic carbocycles. The Bertz CT molecular complexity index is 563. The number of methoxy groups -OCH3 is 1. The molecule has 2 rings (SSSR count). The van der Waals surface area contributed by atoms with Gasteiger partial charge in [0, 0.05) is 12.6 Å². The first-order valence-corrected chi connectivity index (χ1v) is 6.81. The Morgan fingerprint density at radius 3 is 2.60 bits per heavy atom. The minimum Gasteiger partial charge on any atom is -0.497 e. The van der Waals surface area contributed by atoms with Gasteiger partial charge in [-0.3, -0.25) is 0 Å². The van der Waals surface area contributed by atoms with E-state index in [9.17, 15) is 0 Å². The second kappa shape index (κ2) is 6.92. The van der Waals surface area contributed by atoms with E-state index in [0.717, 1.165) is 17.9 Å². The Labute approximate surface area is 121 Å².